The molecule has 1 unspecified atom stereocenters. The van der Waals surface area contributed by atoms with Gasteiger partial charge in [0.2, 0.25) is 5.82 Å². The zero-order valence-corrected chi connectivity index (χ0v) is 18.6. The van der Waals surface area contributed by atoms with Crippen molar-refractivity contribution in [1.29, 1.82) is 0 Å². The van der Waals surface area contributed by atoms with Crippen LogP contribution in [0.2, 0.25) is 0 Å². The number of hydrogen-bond acceptors (Lipinski definition) is 7. The maximum atomic E-state index is 13.1. The molecule has 1 aliphatic rings. The molecule has 0 saturated carbocycles. The Kier molecular flexibility index (Phi) is 5.60. The standard InChI is InChI=1S/C24H25N7O2/c1-29(2)19-12-10-18(11-13-19)24(32)30-14-6-9-20(15-30)31-16-21(26-28-31)23-25-22(27-33-23)17-7-4-3-5-8-17/h3-5,7-8,10-13,16,20H,6,9,14-15H2,1-2H3. The molecule has 9 heteroatoms. The van der Waals surface area contributed by atoms with Gasteiger partial charge in [-0.15, -0.1) is 5.10 Å². The molecular formula is C24H25N7O2. The largest absolute Gasteiger partial charge is 0.378 e. The summed E-state index contributed by atoms with van der Waals surface area (Å²) in [5.41, 5.74) is 3.15. The van der Waals surface area contributed by atoms with Crippen LogP contribution in [0.5, 0.6) is 0 Å². The number of aromatic nitrogens is 5. The summed E-state index contributed by atoms with van der Waals surface area (Å²) in [6, 6.07) is 17.4. The third-order valence-electron chi connectivity index (χ3n) is 5.88. The lowest BCUT2D eigenvalue weighted by molar-refractivity contribution is 0.0672. The zero-order valence-electron chi connectivity index (χ0n) is 18.6. The van der Waals surface area contributed by atoms with Crippen LogP contribution in [-0.4, -0.2) is 63.1 Å². The quantitative estimate of drug-likeness (QED) is 0.466. The topological polar surface area (TPSA) is 93.2 Å². The van der Waals surface area contributed by atoms with Crippen LogP contribution in [0.1, 0.15) is 29.2 Å². The zero-order chi connectivity index (χ0) is 22.8. The number of nitrogens with zero attached hydrogens (tertiary/aromatic N) is 7. The first-order valence-corrected chi connectivity index (χ1v) is 11.0. The van der Waals surface area contributed by atoms with Gasteiger partial charge in [-0.1, -0.05) is 40.7 Å². The first-order valence-electron chi connectivity index (χ1n) is 11.0. The van der Waals surface area contributed by atoms with Gasteiger partial charge in [-0.2, -0.15) is 4.98 Å². The Morgan fingerprint density at radius 2 is 1.88 bits per heavy atom. The second kappa shape index (κ2) is 8.85. The number of carbonyl (C=O) groups excluding carboxylic acids is 1. The number of hydrogen-bond donors (Lipinski definition) is 0. The van der Waals surface area contributed by atoms with E-state index in [1.165, 1.54) is 0 Å². The molecule has 4 aromatic rings. The summed E-state index contributed by atoms with van der Waals surface area (Å²) in [5, 5.41) is 12.6. The molecule has 0 radical (unpaired) electrons. The van der Waals surface area contributed by atoms with Crippen LogP contribution in [0, 0.1) is 0 Å². The van der Waals surface area contributed by atoms with Gasteiger partial charge in [0.1, 0.15) is 0 Å². The fourth-order valence-corrected chi connectivity index (χ4v) is 4.03. The van der Waals surface area contributed by atoms with Crippen molar-refractivity contribution >= 4 is 11.6 Å². The Hall–Kier alpha value is -4.01. The predicted molar refractivity (Wildman–Crippen MR) is 124 cm³/mol. The number of rotatable bonds is 5. The molecule has 1 saturated heterocycles. The number of anilines is 1. The smallest absolute Gasteiger partial charge is 0.280 e. The van der Waals surface area contributed by atoms with Crippen LogP contribution in [-0.2, 0) is 0 Å². The molecule has 0 bridgehead atoms. The number of likely N-dealkylation sites (tertiary alicyclic amines) is 1. The lowest BCUT2D eigenvalue weighted by Crippen LogP contribution is -2.40. The molecule has 1 aliphatic heterocycles. The van der Waals surface area contributed by atoms with Crippen LogP contribution in [0.3, 0.4) is 0 Å². The SMILES string of the molecule is CN(C)c1ccc(C(=O)N2CCCC(n3cc(-c4nc(-c5ccccc5)no4)nn3)C2)cc1. The van der Waals surface area contributed by atoms with Crippen LogP contribution in [0.15, 0.2) is 65.3 Å². The van der Waals surface area contributed by atoms with E-state index in [9.17, 15) is 4.79 Å². The number of carbonyl (C=O) groups is 1. The second-order valence-electron chi connectivity index (χ2n) is 8.36. The average molecular weight is 444 g/mol. The summed E-state index contributed by atoms with van der Waals surface area (Å²) >= 11 is 0. The Bertz CT molecular complexity index is 1230. The minimum absolute atomic E-state index is 0.0368. The van der Waals surface area contributed by atoms with E-state index in [-0.39, 0.29) is 11.9 Å². The number of piperidine rings is 1. The Balaban J connectivity index is 1.29. The van der Waals surface area contributed by atoms with Crippen molar-refractivity contribution in [2.75, 3.05) is 32.1 Å². The first-order chi connectivity index (χ1) is 16.1. The Morgan fingerprint density at radius 3 is 2.64 bits per heavy atom. The predicted octanol–water partition coefficient (Wildman–Crippen LogP) is 3.54. The lowest BCUT2D eigenvalue weighted by atomic mass is 10.0. The van der Waals surface area contributed by atoms with E-state index in [1.54, 1.807) is 4.68 Å². The van der Waals surface area contributed by atoms with Crippen LogP contribution in [0.4, 0.5) is 5.69 Å². The van der Waals surface area contributed by atoms with E-state index in [4.69, 9.17) is 4.52 Å². The molecule has 0 N–H and O–H groups in total. The molecule has 1 amide bonds. The molecule has 0 aliphatic carbocycles. The maximum Gasteiger partial charge on any atom is 0.280 e. The number of amides is 1. The van der Waals surface area contributed by atoms with Crippen molar-refractivity contribution in [1.82, 2.24) is 30.0 Å². The van der Waals surface area contributed by atoms with E-state index in [0.29, 0.717) is 29.5 Å². The molecule has 9 nitrogen and oxygen atoms in total. The summed E-state index contributed by atoms with van der Waals surface area (Å²) in [7, 11) is 3.96. The molecule has 1 atom stereocenters. The summed E-state index contributed by atoms with van der Waals surface area (Å²) in [6.07, 6.45) is 3.64. The minimum atomic E-state index is 0.0368. The van der Waals surface area contributed by atoms with E-state index in [2.05, 4.69) is 20.5 Å². The van der Waals surface area contributed by atoms with Crippen LogP contribution < -0.4 is 4.90 Å². The van der Waals surface area contributed by atoms with Gasteiger partial charge in [-0.25, -0.2) is 4.68 Å². The molecular weight excluding hydrogens is 418 g/mol. The Morgan fingerprint density at radius 1 is 1.09 bits per heavy atom. The highest BCUT2D eigenvalue weighted by atomic mass is 16.5. The van der Waals surface area contributed by atoms with Gasteiger partial charge in [0.15, 0.2) is 5.69 Å². The summed E-state index contributed by atoms with van der Waals surface area (Å²) < 4.78 is 7.21. The van der Waals surface area contributed by atoms with Crippen LogP contribution in [0.25, 0.3) is 23.0 Å². The summed E-state index contributed by atoms with van der Waals surface area (Å²) in [4.78, 5) is 21.4. The highest BCUT2D eigenvalue weighted by molar-refractivity contribution is 5.94. The fraction of sp³-hybridized carbons (Fsp3) is 0.292. The van der Waals surface area contributed by atoms with Gasteiger partial charge >= 0.3 is 0 Å². The van der Waals surface area contributed by atoms with Gasteiger partial charge in [0, 0.05) is 44.0 Å². The fourth-order valence-electron chi connectivity index (χ4n) is 4.03. The number of benzene rings is 2. The first kappa shape index (κ1) is 20.9. The molecule has 2 aromatic carbocycles. The van der Waals surface area contributed by atoms with Crippen molar-refractivity contribution < 1.29 is 9.32 Å². The van der Waals surface area contributed by atoms with Crippen LogP contribution >= 0.6 is 0 Å². The Labute approximate surface area is 191 Å². The third kappa shape index (κ3) is 4.34. The molecule has 0 spiro atoms. The molecule has 33 heavy (non-hydrogen) atoms. The molecule has 3 heterocycles. The second-order valence-corrected chi connectivity index (χ2v) is 8.36. The van der Waals surface area contributed by atoms with Gasteiger partial charge < -0.3 is 14.3 Å². The van der Waals surface area contributed by atoms with E-state index in [1.807, 2.05) is 84.7 Å². The van der Waals surface area contributed by atoms with Crippen molar-refractivity contribution in [3.05, 3.63) is 66.4 Å². The lowest BCUT2D eigenvalue weighted by Gasteiger charge is -2.32. The molecule has 2 aromatic heterocycles. The van der Waals surface area contributed by atoms with Crippen molar-refractivity contribution in [3.8, 4) is 23.0 Å². The van der Waals surface area contributed by atoms with E-state index in [0.717, 1.165) is 30.6 Å². The van der Waals surface area contributed by atoms with Crippen molar-refractivity contribution in [2.24, 2.45) is 0 Å². The van der Waals surface area contributed by atoms with Crippen molar-refractivity contribution in [2.45, 2.75) is 18.9 Å². The summed E-state index contributed by atoms with van der Waals surface area (Å²) in [6.45, 7) is 1.31. The minimum Gasteiger partial charge on any atom is -0.378 e. The molecule has 168 valence electrons. The average Bonchev–Trinajstić information content (AvgIpc) is 3.54. The summed E-state index contributed by atoms with van der Waals surface area (Å²) in [5.74, 6) is 0.870. The maximum absolute atomic E-state index is 13.1. The normalized spacial score (nSPS) is 16.1. The third-order valence-corrected chi connectivity index (χ3v) is 5.88. The highest BCUT2D eigenvalue weighted by Gasteiger charge is 2.27. The monoisotopic (exact) mass is 443 g/mol. The highest BCUT2D eigenvalue weighted by Crippen LogP contribution is 2.25. The molecule has 1 fully saturated rings. The van der Waals surface area contributed by atoms with Gasteiger partial charge in [-0.3, -0.25) is 4.79 Å². The van der Waals surface area contributed by atoms with E-state index < -0.39 is 0 Å². The van der Waals surface area contributed by atoms with Crippen molar-refractivity contribution in [3.63, 3.8) is 0 Å². The van der Waals surface area contributed by atoms with E-state index >= 15 is 0 Å². The molecule has 5 rings (SSSR count). The van der Waals surface area contributed by atoms with Gasteiger partial charge in [-0.05, 0) is 37.1 Å². The van der Waals surface area contributed by atoms with Gasteiger partial charge in [0.25, 0.3) is 11.8 Å². The van der Waals surface area contributed by atoms with Gasteiger partial charge in [0.05, 0.1) is 12.2 Å².